The van der Waals surface area contributed by atoms with Crippen LogP contribution in [-0.4, -0.2) is 33.5 Å². The van der Waals surface area contributed by atoms with Crippen molar-refractivity contribution < 1.29 is 18.7 Å². The highest BCUT2D eigenvalue weighted by molar-refractivity contribution is 5.73. The molecule has 3 rings (SSSR count). The molecule has 1 aromatic carbocycles. The Hall–Kier alpha value is -2.34. The van der Waals surface area contributed by atoms with E-state index in [0.29, 0.717) is 18.7 Å². The Morgan fingerprint density at radius 2 is 2.12 bits per heavy atom. The highest BCUT2D eigenvalue weighted by Crippen LogP contribution is 2.35. The number of hydrogen-bond acceptors (Lipinski definition) is 3. The van der Waals surface area contributed by atoms with Crippen molar-refractivity contribution in [3.05, 3.63) is 65.0 Å². The molecule has 0 bridgehead atoms. The summed E-state index contributed by atoms with van der Waals surface area (Å²) < 4.78 is 27.9. The average molecular weight is 346 g/mol. The molecule has 6 heteroatoms. The van der Waals surface area contributed by atoms with Gasteiger partial charge in [-0.05, 0) is 44.0 Å². The van der Waals surface area contributed by atoms with Crippen molar-refractivity contribution in [3.8, 4) is 0 Å². The van der Waals surface area contributed by atoms with Crippen LogP contribution in [0, 0.1) is 18.6 Å². The van der Waals surface area contributed by atoms with Crippen molar-refractivity contribution in [2.24, 2.45) is 0 Å². The second kappa shape index (κ2) is 7.27. The van der Waals surface area contributed by atoms with Gasteiger partial charge in [-0.1, -0.05) is 18.6 Å². The molecule has 2 aromatic rings. The van der Waals surface area contributed by atoms with E-state index in [9.17, 15) is 18.7 Å². The maximum atomic E-state index is 14.6. The molecular weight excluding hydrogens is 326 g/mol. The van der Waals surface area contributed by atoms with Crippen LogP contribution < -0.4 is 0 Å². The fourth-order valence-electron chi connectivity index (χ4n) is 3.52. The van der Waals surface area contributed by atoms with Crippen LogP contribution in [0.3, 0.4) is 0 Å². The Balaban J connectivity index is 2.15. The van der Waals surface area contributed by atoms with E-state index in [-0.39, 0.29) is 5.56 Å². The Morgan fingerprint density at radius 1 is 1.32 bits per heavy atom. The molecule has 4 nitrogen and oxygen atoms in total. The van der Waals surface area contributed by atoms with E-state index >= 15 is 0 Å². The number of rotatable bonds is 4. The second-order valence-electron chi connectivity index (χ2n) is 6.36. The van der Waals surface area contributed by atoms with E-state index in [1.807, 2.05) is 13.0 Å². The van der Waals surface area contributed by atoms with Crippen molar-refractivity contribution in [3.63, 3.8) is 0 Å². The van der Waals surface area contributed by atoms with Gasteiger partial charge in [-0.3, -0.25) is 14.7 Å². The Kier molecular flexibility index (Phi) is 5.08. The quantitative estimate of drug-likeness (QED) is 0.917. The lowest BCUT2D eigenvalue weighted by Crippen LogP contribution is -2.47. The molecule has 0 aliphatic carbocycles. The summed E-state index contributed by atoms with van der Waals surface area (Å²) in [6.07, 6.45) is 3.75. The molecule has 25 heavy (non-hydrogen) atoms. The van der Waals surface area contributed by atoms with E-state index in [1.54, 1.807) is 17.2 Å². The van der Waals surface area contributed by atoms with E-state index in [2.05, 4.69) is 4.98 Å². The molecule has 1 fully saturated rings. The summed E-state index contributed by atoms with van der Waals surface area (Å²) in [5, 5.41) is 9.62. The van der Waals surface area contributed by atoms with Gasteiger partial charge in [-0.15, -0.1) is 0 Å². The first-order valence-corrected chi connectivity index (χ1v) is 8.34. The summed E-state index contributed by atoms with van der Waals surface area (Å²) in [4.78, 5) is 17.9. The number of pyridine rings is 1. The van der Waals surface area contributed by atoms with E-state index in [4.69, 9.17) is 0 Å². The number of nitrogens with zero attached hydrogens (tertiary/aromatic N) is 2. The zero-order valence-corrected chi connectivity index (χ0v) is 14.0. The fraction of sp³-hybridized carbons (Fsp3) is 0.368. The van der Waals surface area contributed by atoms with Gasteiger partial charge in [-0.2, -0.15) is 0 Å². The lowest BCUT2D eigenvalue weighted by molar-refractivity contribution is -0.145. The molecule has 1 N–H and O–H groups in total. The van der Waals surface area contributed by atoms with Crippen LogP contribution in [0.2, 0.25) is 0 Å². The molecule has 1 aliphatic rings. The molecule has 2 unspecified atom stereocenters. The van der Waals surface area contributed by atoms with E-state index < -0.39 is 29.7 Å². The SMILES string of the molecule is Cc1cccnc1C(c1ccc(F)cc1F)N1CCCCC1C(=O)O. The molecule has 2 atom stereocenters. The predicted octanol–water partition coefficient (Wildman–Crippen LogP) is 3.70. The highest BCUT2D eigenvalue weighted by Gasteiger charge is 2.37. The summed E-state index contributed by atoms with van der Waals surface area (Å²) >= 11 is 0. The Labute approximate surface area is 145 Å². The van der Waals surface area contributed by atoms with Crippen LogP contribution in [0.15, 0.2) is 36.5 Å². The van der Waals surface area contributed by atoms with Gasteiger partial charge in [-0.25, -0.2) is 8.78 Å². The third kappa shape index (κ3) is 3.54. The Morgan fingerprint density at radius 3 is 2.80 bits per heavy atom. The van der Waals surface area contributed by atoms with Gasteiger partial charge < -0.3 is 5.11 Å². The van der Waals surface area contributed by atoms with Gasteiger partial charge in [0.2, 0.25) is 0 Å². The lowest BCUT2D eigenvalue weighted by Gasteiger charge is -2.39. The topological polar surface area (TPSA) is 53.4 Å². The minimum absolute atomic E-state index is 0.247. The average Bonchev–Trinajstić information content (AvgIpc) is 2.59. The number of halogens is 2. The van der Waals surface area contributed by atoms with Crippen LogP contribution >= 0.6 is 0 Å². The summed E-state index contributed by atoms with van der Waals surface area (Å²) in [5.41, 5.74) is 1.68. The molecule has 1 saturated heterocycles. The number of likely N-dealkylation sites (tertiary alicyclic amines) is 1. The maximum absolute atomic E-state index is 14.6. The highest BCUT2D eigenvalue weighted by atomic mass is 19.1. The first kappa shape index (κ1) is 17.5. The largest absolute Gasteiger partial charge is 0.480 e. The molecule has 0 spiro atoms. The molecule has 1 aliphatic heterocycles. The smallest absolute Gasteiger partial charge is 0.320 e. The van der Waals surface area contributed by atoms with Crippen LogP contribution in [0.1, 0.15) is 42.1 Å². The summed E-state index contributed by atoms with van der Waals surface area (Å²) in [6, 6.07) is 5.67. The third-order valence-electron chi connectivity index (χ3n) is 4.73. The number of hydrogen-bond donors (Lipinski definition) is 1. The van der Waals surface area contributed by atoms with Gasteiger partial charge in [0, 0.05) is 17.8 Å². The van der Waals surface area contributed by atoms with Crippen LogP contribution in [0.5, 0.6) is 0 Å². The van der Waals surface area contributed by atoms with Crippen molar-refractivity contribution in [2.75, 3.05) is 6.54 Å². The standard InChI is InChI=1S/C19H20F2N2O2/c1-12-5-4-9-22-17(12)18(14-8-7-13(20)11-15(14)21)23-10-3-2-6-16(23)19(24)25/h4-5,7-9,11,16,18H,2-3,6,10H2,1H3,(H,24,25). The van der Waals surface area contributed by atoms with Crippen molar-refractivity contribution in [1.29, 1.82) is 0 Å². The summed E-state index contributed by atoms with van der Waals surface area (Å²) in [6.45, 7) is 2.38. The van der Waals surface area contributed by atoms with Gasteiger partial charge in [0.25, 0.3) is 0 Å². The number of aryl methyl sites for hydroxylation is 1. The molecule has 1 aromatic heterocycles. The normalized spacial score (nSPS) is 19.6. The van der Waals surface area contributed by atoms with Gasteiger partial charge >= 0.3 is 5.97 Å². The number of carboxylic acids is 1. The number of piperidine rings is 1. The monoisotopic (exact) mass is 346 g/mol. The number of carbonyl (C=O) groups is 1. The molecule has 132 valence electrons. The summed E-state index contributed by atoms with van der Waals surface area (Å²) in [5.74, 6) is -2.28. The minimum Gasteiger partial charge on any atom is -0.480 e. The van der Waals surface area contributed by atoms with E-state index in [0.717, 1.165) is 24.5 Å². The third-order valence-corrected chi connectivity index (χ3v) is 4.73. The van der Waals surface area contributed by atoms with Crippen LogP contribution in [0.25, 0.3) is 0 Å². The number of benzene rings is 1. The first-order chi connectivity index (χ1) is 12.0. The fourth-order valence-corrected chi connectivity index (χ4v) is 3.52. The van der Waals surface area contributed by atoms with Gasteiger partial charge in [0.05, 0.1) is 11.7 Å². The zero-order valence-electron chi connectivity index (χ0n) is 14.0. The molecule has 0 saturated carbocycles. The van der Waals surface area contributed by atoms with Gasteiger partial charge in [0.15, 0.2) is 0 Å². The lowest BCUT2D eigenvalue weighted by atomic mass is 9.92. The molecular formula is C19H20F2N2O2. The van der Waals surface area contributed by atoms with Crippen LogP contribution in [-0.2, 0) is 4.79 Å². The number of carboxylic acid groups (broad SMARTS) is 1. The van der Waals surface area contributed by atoms with Crippen LogP contribution in [0.4, 0.5) is 8.78 Å². The van der Waals surface area contributed by atoms with Crippen molar-refractivity contribution in [2.45, 2.75) is 38.3 Å². The minimum atomic E-state index is -0.930. The first-order valence-electron chi connectivity index (χ1n) is 8.34. The Bertz CT molecular complexity index is 782. The van der Waals surface area contributed by atoms with Crippen molar-refractivity contribution in [1.82, 2.24) is 9.88 Å². The number of aliphatic carboxylic acids is 1. The number of aromatic nitrogens is 1. The van der Waals surface area contributed by atoms with Crippen molar-refractivity contribution >= 4 is 5.97 Å². The van der Waals surface area contributed by atoms with Gasteiger partial charge in [0.1, 0.15) is 17.7 Å². The molecule has 0 radical (unpaired) electrons. The zero-order chi connectivity index (χ0) is 18.0. The molecule has 2 heterocycles. The maximum Gasteiger partial charge on any atom is 0.320 e. The van der Waals surface area contributed by atoms with E-state index in [1.165, 1.54) is 12.1 Å². The second-order valence-corrected chi connectivity index (χ2v) is 6.36. The molecule has 0 amide bonds. The predicted molar refractivity (Wildman–Crippen MR) is 89.2 cm³/mol. The summed E-state index contributed by atoms with van der Waals surface area (Å²) in [7, 11) is 0.